The predicted molar refractivity (Wildman–Crippen MR) is 87.0 cm³/mol. The first-order chi connectivity index (χ1) is 11.4. The zero-order chi connectivity index (χ0) is 17.6. The van der Waals surface area contributed by atoms with Gasteiger partial charge in [-0.15, -0.1) is 0 Å². The summed E-state index contributed by atoms with van der Waals surface area (Å²) in [6.07, 6.45) is 0. The number of sulfonamides is 1. The monoisotopic (exact) mass is 355 g/mol. The minimum absolute atomic E-state index is 0.0105. The number of nitrogens with zero attached hydrogens (tertiary/aromatic N) is 1. The third kappa shape index (κ3) is 4.76. The van der Waals surface area contributed by atoms with Crippen molar-refractivity contribution < 1.29 is 22.7 Å². The molecule has 1 amide bonds. The number of ether oxygens (including phenoxy) is 1. The van der Waals surface area contributed by atoms with Crippen LogP contribution in [0.15, 0.2) is 29.2 Å². The summed E-state index contributed by atoms with van der Waals surface area (Å²) in [4.78, 5) is 25.2. The van der Waals surface area contributed by atoms with Gasteiger partial charge in [0, 0.05) is 26.2 Å². The Labute approximate surface area is 141 Å². The summed E-state index contributed by atoms with van der Waals surface area (Å²) >= 11 is 0. The first-order valence-corrected chi connectivity index (χ1v) is 9.17. The average molecular weight is 355 g/mol. The van der Waals surface area contributed by atoms with E-state index in [9.17, 15) is 18.0 Å². The van der Waals surface area contributed by atoms with Crippen molar-refractivity contribution in [1.29, 1.82) is 0 Å². The molecule has 0 atom stereocenters. The number of nitrogens with one attached hydrogen (secondary N) is 2. The van der Waals surface area contributed by atoms with E-state index in [1.165, 1.54) is 24.3 Å². The Morgan fingerprint density at radius 2 is 1.83 bits per heavy atom. The molecule has 1 heterocycles. The Morgan fingerprint density at radius 1 is 1.21 bits per heavy atom. The number of rotatable bonds is 6. The second-order valence-corrected chi connectivity index (χ2v) is 6.97. The van der Waals surface area contributed by atoms with E-state index in [-0.39, 0.29) is 29.5 Å². The molecule has 0 bridgehead atoms. The molecule has 2 rings (SSSR count). The average Bonchev–Trinajstić information content (AvgIpc) is 2.61. The van der Waals surface area contributed by atoms with Crippen LogP contribution in [0.3, 0.4) is 0 Å². The normalized spacial score (nSPS) is 15.1. The molecule has 8 nitrogen and oxygen atoms in total. The summed E-state index contributed by atoms with van der Waals surface area (Å²) in [6, 6.07) is 5.38. The third-order valence-electron chi connectivity index (χ3n) is 3.56. The summed E-state index contributed by atoms with van der Waals surface area (Å²) in [5, 5.41) is 3.12. The molecule has 9 heteroatoms. The van der Waals surface area contributed by atoms with E-state index in [2.05, 4.69) is 10.0 Å². The summed E-state index contributed by atoms with van der Waals surface area (Å²) < 4.78 is 31.6. The van der Waals surface area contributed by atoms with Crippen LogP contribution in [0.4, 0.5) is 0 Å². The zero-order valence-electron chi connectivity index (χ0n) is 13.4. The molecule has 0 saturated carbocycles. The third-order valence-corrected chi connectivity index (χ3v) is 4.98. The van der Waals surface area contributed by atoms with Gasteiger partial charge in [0.25, 0.3) is 0 Å². The molecule has 0 spiro atoms. The molecule has 1 saturated heterocycles. The standard InChI is InChI=1S/C15H21N3O5S/c1-2-23-15(20)12-3-5-13(6-4-12)24(21,22)17-11-14(19)18-9-7-16-8-10-18/h3-6,16-17H,2,7-11H2,1H3. The van der Waals surface area contributed by atoms with Crippen LogP contribution in [-0.2, 0) is 19.6 Å². The number of hydrogen-bond acceptors (Lipinski definition) is 6. The minimum atomic E-state index is -3.81. The van der Waals surface area contributed by atoms with Crippen molar-refractivity contribution in [3.8, 4) is 0 Å². The van der Waals surface area contributed by atoms with Gasteiger partial charge in [0.2, 0.25) is 15.9 Å². The summed E-state index contributed by atoms with van der Waals surface area (Å²) in [6.45, 7) is 4.18. The molecule has 1 aliphatic rings. The van der Waals surface area contributed by atoms with Gasteiger partial charge in [0.1, 0.15) is 0 Å². The maximum atomic E-state index is 12.2. The Morgan fingerprint density at radius 3 is 2.42 bits per heavy atom. The highest BCUT2D eigenvalue weighted by atomic mass is 32.2. The van der Waals surface area contributed by atoms with Crippen LogP contribution in [0, 0.1) is 0 Å². The number of piperazine rings is 1. The van der Waals surface area contributed by atoms with Gasteiger partial charge in [0.15, 0.2) is 0 Å². The number of carbonyl (C=O) groups is 2. The summed E-state index contributed by atoms with van der Waals surface area (Å²) in [5.41, 5.74) is 0.271. The van der Waals surface area contributed by atoms with Gasteiger partial charge in [-0.05, 0) is 31.2 Å². The van der Waals surface area contributed by atoms with Crippen molar-refractivity contribution in [1.82, 2.24) is 14.9 Å². The zero-order valence-corrected chi connectivity index (χ0v) is 14.3. The van der Waals surface area contributed by atoms with Crippen LogP contribution >= 0.6 is 0 Å². The maximum Gasteiger partial charge on any atom is 0.338 e. The van der Waals surface area contributed by atoms with E-state index in [1.54, 1.807) is 11.8 Å². The Balaban J connectivity index is 1.96. The molecule has 132 valence electrons. The van der Waals surface area contributed by atoms with Crippen molar-refractivity contribution >= 4 is 21.9 Å². The highest BCUT2D eigenvalue weighted by molar-refractivity contribution is 7.89. The SMILES string of the molecule is CCOC(=O)c1ccc(S(=O)(=O)NCC(=O)N2CCNCC2)cc1. The van der Waals surface area contributed by atoms with Crippen LogP contribution in [0.1, 0.15) is 17.3 Å². The molecular weight excluding hydrogens is 334 g/mol. The van der Waals surface area contributed by atoms with E-state index in [1.807, 2.05) is 0 Å². The van der Waals surface area contributed by atoms with E-state index >= 15 is 0 Å². The maximum absolute atomic E-state index is 12.2. The first-order valence-electron chi connectivity index (χ1n) is 7.69. The molecule has 1 aromatic rings. The molecular formula is C15H21N3O5S. The van der Waals surface area contributed by atoms with Gasteiger partial charge >= 0.3 is 5.97 Å². The van der Waals surface area contributed by atoms with Gasteiger partial charge in [-0.2, -0.15) is 0 Å². The predicted octanol–water partition coefficient (Wildman–Crippen LogP) is -0.427. The highest BCUT2D eigenvalue weighted by Crippen LogP contribution is 2.11. The number of esters is 1. The lowest BCUT2D eigenvalue weighted by Crippen LogP contribution is -2.49. The molecule has 2 N–H and O–H groups in total. The smallest absolute Gasteiger partial charge is 0.338 e. The molecule has 0 unspecified atom stereocenters. The second kappa shape index (κ2) is 8.22. The van der Waals surface area contributed by atoms with Gasteiger partial charge in [0.05, 0.1) is 23.6 Å². The molecule has 24 heavy (non-hydrogen) atoms. The van der Waals surface area contributed by atoms with Crippen LogP contribution in [0.2, 0.25) is 0 Å². The van der Waals surface area contributed by atoms with Crippen LogP contribution in [-0.4, -0.2) is 64.5 Å². The van der Waals surface area contributed by atoms with Crippen molar-refractivity contribution in [3.63, 3.8) is 0 Å². The molecule has 1 fully saturated rings. The lowest BCUT2D eigenvalue weighted by molar-refractivity contribution is -0.130. The van der Waals surface area contributed by atoms with Crippen molar-refractivity contribution in [3.05, 3.63) is 29.8 Å². The van der Waals surface area contributed by atoms with Crippen LogP contribution in [0.5, 0.6) is 0 Å². The molecule has 0 radical (unpaired) electrons. The van der Waals surface area contributed by atoms with Crippen LogP contribution < -0.4 is 10.0 Å². The Kier molecular flexibility index (Phi) is 6.29. The number of carbonyl (C=O) groups excluding carboxylic acids is 2. The van der Waals surface area contributed by atoms with E-state index in [0.29, 0.717) is 26.2 Å². The molecule has 1 aromatic carbocycles. The number of hydrogen-bond donors (Lipinski definition) is 2. The topological polar surface area (TPSA) is 105 Å². The van der Waals surface area contributed by atoms with E-state index in [0.717, 1.165) is 0 Å². The fourth-order valence-electron chi connectivity index (χ4n) is 2.25. The summed E-state index contributed by atoms with van der Waals surface area (Å²) in [7, 11) is -3.81. The molecule has 0 aliphatic carbocycles. The second-order valence-electron chi connectivity index (χ2n) is 5.20. The first kappa shape index (κ1) is 18.4. The van der Waals surface area contributed by atoms with Crippen molar-refractivity contribution in [2.75, 3.05) is 39.3 Å². The van der Waals surface area contributed by atoms with Gasteiger partial charge < -0.3 is 15.0 Å². The lowest BCUT2D eigenvalue weighted by Gasteiger charge is -2.27. The fourth-order valence-corrected chi connectivity index (χ4v) is 3.23. The van der Waals surface area contributed by atoms with Gasteiger partial charge in [-0.25, -0.2) is 17.9 Å². The van der Waals surface area contributed by atoms with Crippen LogP contribution in [0.25, 0.3) is 0 Å². The lowest BCUT2D eigenvalue weighted by atomic mass is 10.2. The summed E-state index contributed by atoms with van der Waals surface area (Å²) in [5.74, 6) is -0.772. The number of amides is 1. The highest BCUT2D eigenvalue weighted by Gasteiger charge is 2.20. The molecule has 1 aliphatic heterocycles. The van der Waals surface area contributed by atoms with Gasteiger partial charge in [-0.1, -0.05) is 0 Å². The minimum Gasteiger partial charge on any atom is -0.462 e. The van der Waals surface area contributed by atoms with Gasteiger partial charge in [-0.3, -0.25) is 4.79 Å². The Bertz CT molecular complexity index is 682. The molecule has 0 aromatic heterocycles. The number of benzene rings is 1. The van der Waals surface area contributed by atoms with Crippen molar-refractivity contribution in [2.24, 2.45) is 0 Å². The van der Waals surface area contributed by atoms with E-state index in [4.69, 9.17) is 4.74 Å². The quantitative estimate of drug-likeness (QED) is 0.671. The van der Waals surface area contributed by atoms with Crippen molar-refractivity contribution in [2.45, 2.75) is 11.8 Å². The Hall–Kier alpha value is -1.97. The van der Waals surface area contributed by atoms with E-state index < -0.39 is 16.0 Å². The largest absolute Gasteiger partial charge is 0.462 e. The fraction of sp³-hybridized carbons (Fsp3) is 0.467.